The molecule has 0 fully saturated rings. The smallest absolute Gasteiger partial charge is 0.0824 e. The van der Waals surface area contributed by atoms with Crippen molar-refractivity contribution in [1.29, 1.82) is 0 Å². The molecular weight excluding hydrogens is 124 g/mol. The predicted molar refractivity (Wildman–Crippen MR) is 44.9 cm³/mol. The van der Waals surface area contributed by atoms with E-state index in [0.29, 0.717) is 0 Å². The summed E-state index contributed by atoms with van der Waals surface area (Å²) >= 11 is 0. The van der Waals surface area contributed by atoms with Crippen LogP contribution in [0.25, 0.3) is 0 Å². The molecule has 1 unspecified atom stereocenters. The van der Waals surface area contributed by atoms with Gasteiger partial charge >= 0.3 is 0 Å². The van der Waals surface area contributed by atoms with Crippen LogP contribution >= 0.6 is 0 Å². The third kappa shape index (κ3) is 3.02. The van der Waals surface area contributed by atoms with Gasteiger partial charge in [-0.1, -0.05) is 25.5 Å². The number of rotatable bonds is 2. The van der Waals surface area contributed by atoms with E-state index in [-0.39, 0.29) is 5.92 Å². The highest BCUT2D eigenvalue weighted by Crippen LogP contribution is 2.18. The summed E-state index contributed by atoms with van der Waals surface area (Å²) in [4.78, 5) is 0. The van der Waals surface area contributed by atoms with Gasteiger partial charge in [-0.2, -0.15) is 0 Å². The molecule has 10 heavy (non-hydrogen) atoms. The van der Waals surface area contributed by atoms with Gasteiger partial charge in [0.15, 0.2) is 0 Å². The molecule has 0 bridgehead atoms. The van der Waals surface area contributed by atoms with Crippen molar-refractivity contribution in [3.8, 4) is 0 Å². The van der Waals surface area contributed by atoms with Gasteiger partial charge in [0.1, 0.15) is 0 Å². The van der Waals surface area contributed by atoms with Gasteiger partial charge in [0.2, 0.25) is 0 Å². The van der Waals surface area contributed by atoms with Crippen LogP contribution < -0.4 is 0 Å². The summed E-state index contributed by atoms with van der Waals surface area (Å²) < 4.78 is 0. The third-order valence-electron chi connectivity index (χ3n) is 1.75. The summed E-state index contributed by atoms with van der Waals surface area (Å²) in [6.45, 7) is 9.86. The summed E-state index contributed by atoms with van der Waals surface area (Å²) in [7, 11) is 0. The lowest BCUT2D eigenvalue weighted by Crippen LogP contribution is -2.28. The van der Waals surface area contributed by atoms with E-state index in [2.05, 4.69) is 0 Å². The van der Waals surface area contributed by atoms with E-state index in [1.54, 1.807) is 0 Å². The quantitative estimate of drug-likeness (QED) is 0.587. The Morgan fingerprint density at radius 1 is 1.40 bits per heavy atom. The predicted octanol–water partition coefficient (Wildman–Crippen LogP) is 2.36. The van der Waals surface area contributed by atoms with Crippen LogP contribution in [0.1, 0.15) is 34.6 Å². The molecule has 1 atom stereocenters. The molecule has 0 radical (unpaired) electrons. The molecule has 0 aromatic carbocycles. The van der Waals surface area contributed by atoms with E-state index in [4.69, 9.17) is 0 Å². The maximum atomic E-state index is 9.69. The van der Waals surface area contributed by atoms with Gasteiger partial charge in [-0.15, -0.1) is 0 Å². The first kappa shape index (κ1) is 9.70. The van der Waals surface area contributed by atoms with Gasteiger partial charge < -0.3 is 5.11 Å². The van der Waals surface area contributed by atoms with Crippen LogP contribution in [0.5, 0.6) is 0 Å². The summed E-state index contributed by atoms with van der Waals surface area (Å²) in [6.07, 6.45) is 1.90. The van der Waals surface area contributed by atoms with E-state index in [1.165, 1.54) is 5.57 Å². The zero-order valence-electron chi connectivity index (χ0n) is 7.60. The van der Waals surface area contributed by atoms with Gasteiger partial charge in [-0.05, 0) is 26.7 Å². The molecule has 0 spiro atoms. The second-order valence-electron chi connectivity index (χ2n) is 3.60. The molecule has 0 rings (SSSR count). The van der Waals surface area contributed by atoms with Gasteiger partial charge in [0, 0.05) is 0 Å². The maximum absolute atomic E-state index is 9.69. The van der Waals surface area contributed by atoms with Crippen LogP contribution in [0.4, 0.5) is 0 Å². The van der Waals surface area contributed by atoms with Gasteiger partial charge in [0.05, 0.1) is 5.60 Å². The van der Waals surface area contributed by atoms with Crippen molar-refractivity contribution in [2.24, 2.45) is 5.92 Å². The average molecular weight is 142 g/mol. The topological polar surface area (TPSA) is 20.2 Å². The molecule has 1 N–H and O–H groups in total. The molecule has 1 nitrogen and oxygen atoms in total. The molecular formula is C9H18O. The van der Waals surface area contributed by atoms with Crippen molar-refractivity contribution in [2.45, 2.75) is 40.2 Å². The minimum absolute atomic E-state index is 0.280. The van der Waals surface area contributed by atoms with E-state index < -0.39 is 5.60 Å². The summed E-state index contributed by atoms with van der Waals surface area (Å²) in [5, 5.41) is 9.69. The summed E-state index contributed by atoms with van der Waals surface area (Å²) in [5.74, 6) is 0.280. The lowest BCUT2D eigenvalue weighted by molar-refractivity contribution is 0.0618. The van der Waals surface area contributed by atoms with Crippen LogP contribution in [0, 0.1) is 5.92 Å². The number of hydrogen-bond donors (Lipinski definition) is 1. The number of allylic oxidation sites excluding steroid dienone is 1. The normalized spacial score (nSPS) is 16.7. The Bertz CT molecular complexity index is 128. The molecule has 0 aliphatic rings. The molecule has 0 saturated heterocycles. The Kier molecular flexibility index (Phi) is 3.10. The van der Waals surface area contributed by atoms with Crippen LogP contribution in [-0.2, 0) is 0 Å². The van der Waals surface area contributed by atoms with Gasteiger partial charge in [0.25, 0.3) is 0 Å². The van der Waals surface area contributed by atoms with E-state index in [1.807, 2.05) is 40.7 Å². The fraction of sp³-hybridized carbons (Fsp3) is 0.778. The van der Waals surface area contributed by atoms with Crippen LogP contribution in [-0.4, -0.2) is 10.7 Å². The molecule has 0 saturated carbocycles. The third-order valence-corrected chi connectivity index (χ3v) is 1.75. The Labute approximate surface area is 63.8 Å². The van der Waals surface area contributed by atoms with Crippen molar-refractivity contribution >= 4 is 0 Å². The van der Waals surface area contributed by atoms with Crippen LogP contribution in [0.15, 0.2) is 11.6 Å². The number of aliphatic hydroxyl groups is 1. The SMILES string of the molecule is CC(C)=CC(C)(O)C(C)C. The Balaban J connectivity index is 4.27. The second-order valence-corrected chi connectivity index (χ2v) is 3.60. The molecule has 0 amide bonds. The average Bonchev–Trinajstić information content (AvgIpc) is 1.60. The zero-order valence-corrected chi connectivity index (χ0v) is 7.60. The number of hydrogen-bond acceptors (Lipinski definition) is 1. The molecule has 0 aromatic heterocycles. The van der Waals surface area contributed by atoms with Crippen LogP contribution in [0.3, 0.4) is 0 Å². The Morgan fingerprint density at radius 2 is 1.80 bits per heavy atom. The monoisotopic (exact) mass is 142 g/mol. The summed E-state index contributed by atoms with van der Waals surface area (Å²) in [5.41, 5.74) is 0.525. The van der Waals surface area contributed by atoms with E-state index >= 15 is 0 Å². The molecule has 0 heterocycles. The maximum Gasteiger partial charge on any atom is 0.0824 e. The molecule has 0 aliphatic heterocycles. The lowest BCUT2D eigenvalue weighted by Gasteiger charge is -2.24. The first-order chi connectivity index (χ1) is 4.36. The van der Waals surface area contributed by atoms with Crippen molar-refractivity contribution in [1.82, 2.24) is 0 Å². The van der Waals surface area contributed by atoms with Crippen molar-refractivity contribution < 1.29 is 5.11 Å². The van der Waals surface area contributed by atoms with Crippen molar-refractivity contribution in [3.63, 3.8) is 0 Å². The lowest BCUT2D eigenvalue weighted by atomic mass is 9.91. The first-order valence-corrected chi connectivity index (χ1v) is 3.74. The highest BCUT2D eigenvalue weighted by atomic mass is 16.3. The minimum Gasteiger partial charge on any atom is -0.386 e. The molecule has 0 aromatic rings. The zero-order chi connectivity index (χ0) is 8.36. The second kappa shape index (κ2) is 3.20. The fourth-order valence-corrected chi connectivity index (χ4v) is 0.751. The summed E-state index contributed by atoms with van der Waals surface area (Å²) in [6, 6.07) is 0. The first-order valence-electron chi connectivity index (χ1n) is 3.74. The Morgan fingerprint density at radius 3 is 1.90 bits per heavy atom. The van der Waals surface area contributed by atoms with Gasteiger partial charge in [-0.25, -0.2) is 0 Å². The molecule has 1 heteroatoms. The highest BCUT2D eigenvalue weighted by Gasteiger charge is 2.20. The van der Waals surface area contributed by atoms with Gasteiger partial charge in [-0.3, -0.25) is 0 Å². The molecule has 60 valence electrons. The largest absolute Gasteiger partial charge is 0.386 e. The highest BCUT2D eigenvalue weighted by molar-refractivity contribution is 5.05. The van der Waals surface area contributed by atoms with Crippen molar-refractivity contribution in [3.05, 3.63) is 11.6 Å². The van der Waals surface area contributed by atoms with E-state index in [0.717, 1.165) is 0 Å². The molecule has 0 aliphatic carbocycles. The fourth-order valence-electron chi connectivity index (χ4n) is 0.751. The minimum atomic E-state index is -0.640. The van der Waals surface area contributed by atoms with Crippen molar-refractivity contribution in [2.75, 3.05) is 0 Å². The van der Waals surface area contributed by atoms with E-state index in [9.17, 15) is 5.11 Å². The Hall–Kier alpha value is -0.300. The standard InChI is InChI=1S/C9H18O/c1-7(2)6-9(5,10)8(3)4/h6,8,10H,1-5H3. The van der Waals surface area contributed by atoms with Crippen LogP contribution in [0.2, 0.25) is 0 Å².